The van der Waals surface area contributed by atoms with Crippen LogP contribution in [-0.2, 0) is 14.3 Å². The number of carbonyl (C=O) groups excluding carboxylic acids is 1. The van der Waals surface area contributed by atoms with Crippen LogP contribution in [-0.4, -0.2) is 42.3 Å². The molecule has 6 nitrogen and oxygen atoms in total. The number of amides is 1. The molecule has 6 heteroatoms. The zero-order valence-electron chi connectivity index (χ0n) is 11.0. The molecule has 108 valence electrons. The number of rotatable bonds is 5. The van der Waals surface area contributed by atoms with Gasteiger partial charge in [0.25, 0.3) is 0 Å². The Morgan fingerprint density at radius 2 is 2.10 bits per heavy atom. The summed E-state index contributed by atoms with van der Waals surface area (Å²) >= 11 is 0. The summed E-state index contributed by atoms with van der Waals surface area (Å²) < 4.78 is 5.11. The summed E-state index contributed by atoms with van der Waals surface area (Å²) in [6.07, 6.45) is 0.264. The van der Waals surface area contributed by atoms with Gasteiger partial charge >= 0.3 is 5.97 Å². The largest absolute Gasteiger partial charge is 0.479 e. The van der Waals surface area contributed by atoms with Gasteiger partial charge in [0, 0.05) is 19.6 Å². The monoisotopic (exact) mass is 278 g/mol. The Labute approximate surface area is 116 Å². The van der Waals surface area contributed by atoms with Crippen LogP contribution in [0.4, 0.5) is 0 Å². The van der Waals surface area contributed by atoms with Crippen molar-refractivity contribution in [2.24, 2.45) is 5.73 Å². The predicted octanol–water partition coefficient (Wildman–Crippen LogP) is 0.0888. The number of carboxylic acids is 1. The first kappa shape index (κ1) is 14.5. The molecule has 1 heterocycles. The van der Waals surface area contributed by atoms with Crippen LogP contribution in [0.15, 0.2) is 30.3 Å². The highest BCUT2D eigenvalue weighted by atomic mass is 16.5. The second-order valence-corrected chi connectivity index (χ2v) is 4.88. The number of ether oxygens (including phenoxy) is 1. The third-order valence-corrected chi connectivity index (χ3v) is 3.55. The van der Waals surface area contributed by atoms with Crippen LogP contribution in [0.1, 0.15) is 17.9 Å². The minimum atomic E-state index is -1.33. The SMILES string of the molecule is NCC(C(=O)NC1(C(=O)O)CCOC1)c1ccccc1. The highest BCUT2D eigenvalue weighted by Crippen LogP contribution is 2.22. The van der Waals surface area contributed by atoms with E-state index in [4.69, 9.17) is 10.5 Å². The highest BCUT2D eigenvalue weighted by molar-refractivity contribution is 5.91. The number of hydrogen-bond donors (Lipinski definition) is 3. The van der Waals surface area contributed by atoms with E-state index in [1.807, 2.05) is 18.2 Å². The van der Waals surface area contributed by atoms with Gasteiger partial charge in [-0.25, -0.2) is 4.79 Å². The third-order valence-electron chi connectivity index (χ3n) is 3.55. The Balaban J connectivity index is 2.15. The quantitative estimate of drug-likeness (QED) is 0.708. The molecule has 0 saturated carbocycles. The van der Waals surface area contributed by atoms with Crippen molar-refractivity contribution in [3.63, 3.8) is 0 Å². The van der Waals surface area contributed by atoms with Crippen molar-refractivity contribution in [1.29, 1.82) is 0 Å². The van der Waals surface area contributed by atoms with Crippen molar-refractivity contribution in [2.75, 3.05) is 19.8 Å². The van der Waals surface area contributed by atoms with E-state index in [0.717, 1.165) is 5.56 Å². The van der Waals surface area contributed by atoms with Gasteiger partial charge in [0.15, 0.2) is 5.54 Å². The highest BCUT2D eigenvalue weighted by Gasteiger charge is 2.44. The zero-order chi connectivity index (χ0) is 14.6. The first-order valence-corrected chi connectivity index (χ1v) is 6.47. The number of carbonyl (C=O) groups is 2. The van der Waals surface area contributed by atoms with Gasteiger partial charge in [-0.05, 0) is 5.56 Å². The van der Waals surface area contributed by atoms with E-state index >= 15 is 0 Å². The fourth-order valence-electron chi connectivity index (χ4n) is 2.29. The minimum Gasteiger partial charge on any atom is -0.479 e. The lowest BCUT2D eigenvalue weighted by atomic mass is 9.94. The molecule has 1 aromatic rings. The summed E-state index contributed by atoms with van der Waals surface area (Å²) in [5.41, 5.74) is 5.10. The summed E-state index contributed by atoms with van der Waals surface area (Å²) in [7, 11) is 0. The lowest BCUT2D eigenvalue weighted by Gasteiger charge is -2.26. The van der Waals surface area contributed by atoms with Crippen LogP contribution in [0, 0.1) is 0 Å². The van der Waals surface area contributed by atoms with Gasteiger partial charge in [0.05, 0.1) is 12.5 Å². The van der Waals surface area contributed by atoms with Crippen LogP contribution >= 0.6 is 0 Å². The van der Waals surface area contributed by atoms with Crippen molar-refractivity contribution >= 4 is 11.9 Å². The van der Waals surface area contributed by atoms with E-state index in [-0.39, 0.29) is 25.5 Å². The average molecular weight is 278 g/mol. The van der Waals surface area contributed by atoms with E-state index in [9.17, 15) is 14.7 Å². The fraction of sp³-hybridized carbons (Fsp3) is 0.429. The summed E-state index contributed by atoms with van der Waals surface area (Å²) in [4.78, 5) is 23.7. The van der Waals surface area contributed by atoms with Crippen LogP contribution in [0.2, 0.25) is 0 Å². The maximum atomic E-state index is 12.3. The van der Waals surface area contributed by atoms with E-state index < -0.39 is 17.4 Å². The minimum absolute atomic E-state index is 0.0137. The molecule has 1 aromatic carbocycles. The molecule has 1 fully saturated rings. The average Bonchev–Trinajstić information content (AvgIpc) is 2.90. The lowest BCUT2D eigenvalue weighted by molar-refractivity contribution is -0.147. The van der Waals surface area contributed by atoms with Gasteiger partial charge in [-0.15, -0.1) is 0 Å². The number of hydrogen-bond acceptors (Lipinski definition) is 4. The van der Waals surface area contributed by atoms with E-state index in [2.05, 4.69) is 5.32 Å². The Morgan fingerprint density at radius 3 is 2.60 bits per heavy atom. The van der Waals surface area contributed by atoms with Crippen LogP contribution in [0.25, 0.3) is 0 Å². The van der Waals surface area contributed by atoms with Gasteiger partial charge in [-0.1, -0.05) is 30.3 Å². The second kappa shape index (κ2) is 6.02. The summed E-state index contributed by atoms with van der Waals surface area (Å²) in [5.74, 6) is -2.02. The first-order chi connectivity index (χ1) is 9.59. The molecular weight excluding hydrogens is 260 g/mol. The van der Waals surface area contributed by atoms with Gasteiger partial charge in [0.1, 0.15) is 0 Å². The van der Waals surface area contributed by atoms with Gasteiger partial charge in [-0.3, -0.25) is 4.79 Å². The molecule has 2 atom stereocenters. The molecule has 0 aromatic heterocycles. The number of carboxylic acid groups (broad SMARTS) is 1. The molecule has 0 spiro atoms. The molecule has 1 aliphatic rings. The fourth-order valence-corrected chi connectivity index (χ4v) is 2.29. The maximum Gasteiger partial charge on any atom is 0.331 e. The summed E-state index contributed by atoms with van der Waals surface area (Å²) in [6, 6.07) is 9.08. The van der Waals surface area contributed by atoms with Gasteiger partial charge in [-0.2, -0.15) is 0 Å². The molecule has 1 saturated heterocycles. The lowest BCUT2D eigenvalue weighted by Crippen LogP contribution is -2.56. The Kier molecular flexibility index (Phi) is 4.36. The van der Waals surface area contributed by atoms with Crippen molar-refractivity contribution in [3.05, 3.63) is 35.9 Å². The zero-order valence-corrected chi connectivity index (χ0v) is 11.0. The third kappa shape index (κ3) is 2.81. The molecule has 4 N–H and O–H groups in total. The second-order valence-electron chi connectivity index (χ2n) is 4.88. The van der Waals surface area contributed by atoms with E-state index in [1.54, 1.807) is 12.1 Å². The van der Waals surface area contributed by atoms with Crippen molar-refractivity contribution < 1.29 is 19.4 Å². The van der Waals surface area contributed by atoms with E-state index in [1.165, 1.54) is 0 Å². The molecular formula is C14H18N2O4. The van der Waals surface area contributed by atoms with E-state index in [0.29, 0.717) is 6.61 Å². The predicted molar refractivity (Wildman–Crippen MR) is 72.2 cm³/mol. The van der Waals surface area contributed by atoms with Crippen LogP contribution in [0.5, 0.6) is 0 Å². The molecule has 1 aliphatic heterocycles. The Bertz CT molecular complexity index is 483. The first-order valence-electron chi connectivity index (χ1n) is 6.47. The molecule has 0 radical (unpaired) electrons. The number of nitrogens with two attached hydrogens (primary N) is 1. The Hall–Kier alpha value is -1.92. The number of aliphatic carboxylic acids is 1. The van der Waals surface area contributed by atoms with Gasteiger partial charge < -0.3 is 20.9 Å². The van der Waals surface area contributed by atoms with Crippen LogP contribution in [0.3, 0.4) is 0 Å². The molecule has 20 heavy (non-hydrogen) atoms. The maximum absolute atomic E-state index is 12.3. The summed E-state index contributed by atoms with van der Waals surface area (Å²) in [5, 5.41) is 11.9. The normalized spacial score (nSPS) is 23.2. The standard InChI is InChI=1S/C14H18N2O4/c15-8-11(10-4-2-1-3-5-10)12(17)16-14(13(18)19)6-7-20-9-14/h1-5,11H,6-9,15H2,(H,16,17)(H,18,19). The Morgan fingerprint density at radius 1 is 1.40 bits per heavy atom. The number of nitrogens with one attached hydrogen (secondary N) is 1. The smallest absolute Gasteiger partial charge is 0.331 e. The van der Waals surface area contributed by atoms with Crippen molar-refractivity contribution in [1.82, 2.24) is 5.32 Å². The molecule has 1 amide bonds. The molecule has 2 unspecified atom stereocenters. The topological polar surface area (TPSA) is 102 Å². The van der Waals surface area contributed by atoms with Crippen molar-refractivity contribution in [3.8, 4) is 0 Å². The molecule has 2 rings (SSSR count). The van der Waals surface area contributed by atoms with Crippen molar-refractivity contribution in [2.45, 2.75) is 17.9 Å². The summed E-state index contributed by atoms with van der Waals surface area (Å²) in [6.45, 7) is 0.428. The molecule has 0 aliphatic carbocycles. The van der Waals surface area contributed by atoms with Gasteiger partial charge in [0.2, 0.25) is 5.91 Å². The van der Waals surface area contributed by atoms with Crippen LogP contribution < -0.4 is 11.1 Å². The number of benzene rings is 1. The molecule has 0 bridgehead atoms.